The summed E-state index contributed by atoms with van der Waals surface area (Å²) < 4.78 is 1.80. The quantitative estimate of drug-likeness (QED) is 0.781. The number of carbonyl (C=O) groups excluding carboxylic acids is 1. The lowest BCUT2D eigenvalue weighted by atomic mass is 10.0. The number of nitrogens with one attached hydrogen (secondary N) is 1. The molecular weight excluding hydrogens is 302 g/mol. The average molecular weight is 329 g/mol. The Balaban J connectivity index is 2.23. The highest BCUT2D eigenvalue weighted by atomic mass is 16.3. The normalized spacial score (nSPS) is 12.4. The van der Waals surface area contributed by atoms with Gasteiger partial charge in [0.2, 0.25) is 0 Å². The van der Waals surface area contributed by atoms with Crippen LogP contribution in [0.25, 0.3) is 0 Å². The number of benzene rings is 1. The lowest BCUT2D eigenvalue weighted by Crippen LogP contribution is -2.29. The van der Waals surface area contributed by atoms with Crippen LogP contribution in [0.4, 0.5) is 0 Å². The molecule has 0 spiro atoms. The number of aromatic nitrogens is 2. The Kier molecular flexibility index (Phi) is 6.55. The zero-order valence-electron chi connectivity index (χ0n) is 14.7. The van der Waals surface area contributed by atoms with E-state index in [1.54, 1.807) is 4.68 Å². The number of carbonyl (C=O) groups is 1. The van der Waals surface area contributed by atoms with Crippen LogP contribution >= 0.6 is 0 Å². The van der Waals surface area contributed by atoms with E-state index in [1.165, 1.54) is 0 Å². The van der Waals surface area contributed by atoms with E-state index < -0.39 is 0 Å². The van der Waals surface area contributed by atoms with E-state index in [1.807, 2.05) is 57.3 Å². The second-order valence-electron chi connectivity index (χ2n) is 6.24. The van der Waals surface area contributed by atoms with Gasteiger partial charge in [-0.25, -0.2) is 0 Å². The van der Waals surface area contributed by atoms with Gasteiger partial charge in [0.05, 0.1) is 17.3 Å². The summed E-state index contributed by atoms with van der Waals surface area (Å²) in [4.78, 5) is 12.8. The molecule has 130 valence electrons. The van der Waals surface area contributed by atoms with Gasteiger partial charge in [0.15, 0.2) is 0 Å². The molecule has 1 heterocycles. The molecule has 0 saturated carbocycles. The van der Waals surface area contributed by atoms with Crippen LogP contribution in [0, 0.1) is 0 Å². The van der Waals surface area contributed by atoms with Crippen LogP contribution < -0.4 is 5.32 Å². The molecule has 0 aliphatic rings. The minimum absolute atomic E-state index is 0.106. The molecule has 1 unspecified atom stereocenters. The molecule has 2 aromatic rings. The van der Waals surface area contributed by atoms with Gasteiger partial charge in [-0.3, -0.25) is 9.48 Å². The van der Waals surface area contributed by atoms with E-state index in [-0.39, 0.29) is 24.5 Å². The van der Waals surface area contributed by atoms with Crippen molar-refractivity contribution < 1.29 is 9.90 Å². The van der Waals surface area contributed by atoms with E-state index in [4.69, 9.17) is 5.11 Å². The van der Waals surface area contributed by atoms with Crippen molar-refractivity contribution in [3.63, 3.8) is 0 Å². The monoisotopic (exact) mass is 329 g/mol. The maximum absolute atomic E-state index is 12.8. The number of aliphatic hydroxyl groups excluding tert-OH is 1. The number of hydrogen-bond acceptors (Lipinski definition) is 3. The number of nitrogens with zero attached hydrogens (tertiary/aromatic N) is 2. The van der Waals surface area contributed by atoms with E-state index in [9.17, 15) is 4.79 Å². The molecule has 0 fully saturated rings. The summed E-state index contributed by atoms with van der Waals surface area (Å²) >= 11 is 0. The van der Waals surface area contributed by atoms with Crippen LogP contribution in [0.2, 0.25) is 0 Å². The zero-order chi connectivity index (χ0) is 17.5. The Morgan fingerprint density at radius 1 is 1.29 bits per heavy atom. The summed E-state index contributed by atoms with van der Waals surface area (Å²) in [6, 6.07) is 9.76. The fourth-order valence-electron chi connectivity index (χ4n) is 2.74. The third-order valence-electron chi connectivity index (χ3n) is 4.06. The van der Waals surface area contributed by atoms with Gasteiger partial charge in [-0.05, 0) is 31.2 Å². The van der Waals surface area contributed by atoms with E-state index >= 15 is 0 Å². The van der Waals surface area contributed by atoms with Crippen molar-refractivity contribution in [1.82, 2.24) is 15.1 Å². The van der Waals surface area contributed by atoms with Crippen LogP contribution in [0.1, 0.15) is 67.2 Å². The first-order chi connectivity index (χ1) is 11.6. The molecular formula is C19H27N3O2. The third-order valence-corrected chi connectivity index (χ3v) is 4.06. The highest BCUT2D eigenvalue weighted by Gasteiger charge is 2.21. The first-order valence-electron chi connectivity index (χ1n) is 8.60. The molecule has 1 amide bonds. The van der Waals surface area contributed by atoms with Crippen molar-refractivity contribution in [1.29, 1.82) is 0 Å². The summed E-state index contributed by atoms with van der Waals surface area (Å²) in [7, 11) is 0. The minimum Gasteiger partial charge on any atom is -0.396 e. The van der Waals surface area contributed by atoms with Crippen LogP contribution in [0.15, 0.2) is 36.5 Å². The van der Waals surface area contributed by atoms with Crippen molar-refractivity contribution >= 4 is 5.91 Å². The molecule has 0 aliphatic heterocycles. The van der Waals surface area contributed by atoms with Gasteiger partial charge in [-0.15, -0.1) is 0 Å². The number of aryl methyl sites for hydroxylation is 1. The molecule has 1 aromatic carbocycles. The first-order valence-corrected chi connectivity index (χ1v) is 8.60. The summed E-state index contributed by atoms with van der Waals surface area (Å²) in [5.74, 6) is 0.0800. The van der Waals surface area contributed by atoms with Gasteiger partial charge in [-0.2, -0.15) is 5.10 Å². The van der Waals surface area contributed by atoms with Crippen LogP contribution in [-0.2, 0) is 6.54 Å². The Morgan fingerprint density at radius 2 is 2.00 bits per heavy atom. The smallest absolute Gasteiger partial charge is 0.255 e. The molecule has 1 atom stereocenters. The zero-order valence-corrected chi connectivity index (χ0v) is 14.7. The van der Waals surface area contributed by atoms with Crippen molar-refractivity contribution in [3.8, 4) is 0 Å². The molecule has 0 aliphatic carbocycles. The van der Waals surface area contributed by atoms with Gasteiger partial charge in [0.25, 0.3) is 5.91 Å². The van der Waals surface area contributed by atoms with Crippen molar-refractivity contribution in [2.75, 3.05) is 6.61 Å². The van der Waals surface area contributed by atoms with E-state index in [2.05, 4.69) is 10.4 Å². The Bertz CT molecular complexity index is 650. The van der Waals surface area contributed by atoms with Gasteiger partial charge in [0.1, 0.15) is 0 Å². The third kappa shape index (κ3) is 4.45. The maximum Gasteiger partial charge on any atom is 0.255 e. The number of aliphatic hydroxyl groups is 1. The summed E-state index contributed by atoms with van der Waals surface area (Å²) in [6.07, 6.45) is 3.16. The SMILES string of the molecule is CCn1cc(C(=O)NC(CCCO)c2ccccc2)c(C(C)C)n1. The Morgan fingerprint density at radius 3 is 2.58 bits per heavy atom. The van der Waals surface area contributed by atoms with Gasteiger partial charge in [0, 0.05) is 19.3 Å². The minimum atomic E-state index is -0.115. The van der Waals surface area contributed by atoms with Crippen LogP contribution in [0.3, 0.4) is 0 Å². The molecule has 0 radical (unpaired) electrons. The maximum atomic E-state index is 12.8. The molecule has 24 heavy (non-hydrogen) atoms. The van der Waals surface area contributed by atoms with Crippen LogP contribution in [-0.4, -0.2) is 27.4 Å². The van der Waals surface area contributed by atoms with Gasteiger partial charge < -0.3 is 10.4 Å². The standard InChI is InChI=1S/C19H27N3O2/c1-4-22-13-16(18(21-22)14(2)3)19(24)20-17(11-8-12-23)15-9-6-5-7-10-15/h5-7,9-10,13-14,17,23H,4,8,11-12H2,1-3H3,(H,20,24). The van der Waals surface area contributed by atoms with Crippen LogP contribution in [0.5, 0.6) is 0 Å². The second-order valence-corrected chi connectivity index (χ2v) is 6.24. The van der Waals surface area contributed by atoms with Crippen molar-refractivity contribution in [2.45, 2.75) is 52.1 Å². The number of hydrogen-bond donors (Lipinski definition) is 2. The predicted molar refractivity (Wildman–Crippen MR) is 95.0 cm³/mol. The second kappa shape index (κ2) is 8.64. The summed E-state index contributed by atoms with van der Waals surface area (Å²) in [6.45, 7) is 6.94. The van der Waals surface area contributed by atoms with E-state index in [0.717, 1.165) is 17.8 Å². The fraction of sp³-hybridized carbons (Fsp3) is 0.474. The molecule has 0 saturated heterocycles. The molecule has 2 N–H and O–H groups in total. The van der Waals surface area contributed by atoms with E-state index in [0.29, 0.717) is 18.4 Å². The molecule has 1 aromatic heterocycles. The summed E-state index contributed by atoms with van der Waals surface area (Å²) in [5.41, 5.74) is 2.51. The molecule has 2 rings (SSSR count). The topological polar surface area (TPSA) is 67.2 Å². The largest absolute Gasteiger partial charge is 0.396 e. The number of amides is 1. The van der Waals surface area contributed by atoms with Crippen molar-refractivity contribution in [3.05, 3.63) is 53.3 Å². The fourth-order valence-corrected chi connectivity index (χ4v) is 2.74. The highest BCUT2D eigenvalue weighted by molar-refractivity contribution is 5.95. The van der Waals surface area contributed by atoms with Gasteiger partial charge >= 0.3 is 0 Å². The first kappa shape index (κ1) is 18.2. The van der Waals surface area contributed by atoms with Crippen molar-refractivity contribution in [2.24, 2.45) is 0 Å². The Hall–Kier alpha value is -2.14. The predicted octanol–water partition coefficient (Wildman–Crippen LogP) is 3.27. The molecule has 5 nitrogen and oxygen atoms in total. The Labute approximate surface area is 143 Å². The summed E-state index contributed by atoms with van der Waals surface area (Å²) in [5, 5.41) is 16.8. The lowest BCUT2D eigenvalue weighted by Gasteiger charge is -2.19. The highest BCUT2D eigenvalue weighted by Crippen LogP contribution is 2.22. The average Bonchev–Trinajstić information content (AvgIpc) is 3.04. The molecule has 0 bridgehead atoms. The lowest BCUT2D eigenvalue weighted by molar-refractivity contribution is 0.0931. The van der Waals surface area contributed by atoms with Gasteiger partial charge in [-0.1, -0.05) is 44.2 Å². The number of rotatable bonds is 8. The molecule has 5 heteroatoms.